The van der Waals surface area contributed by atoms with E-state index in [0.29, 0.717) is 12.4 Å². The van der Waals surface area contributed by atoms with Crippen molar-refractivity contribution in [2.75, 3.05) is 17.3 Å². The summed E-state index contributed by atoms with van der Waals surface area (Å²) in [6.45, 7) is 0.579. The topological polar surface area (TPSA) is 45.2 Å². The van der Waals surface area contributed by atoms with Crippen LogP contribution in [0.1, 0.15) is 21.5 Å². The van der Waals surface area contributed by atoms with E-state index in [2.05, 4.69) is 10.3 Å². The van der Waals surface area contributed by atoms with E-state index in [1.807, 2.05) is 42.3 Å². The predicted molar refractivity (Wildman–Crippen MR) is 102 cm³/mol. The van der Waals surface area contributed by atoms with Crippen molar-refractivity contribution >= 4 is 17.4 Å². The normalized spacial score (nSPS) is 11.1. The number of hydrogen-bond donors (Lipinski definition) is 1. The molecule has 0 atom stereocenters. The predicted octanol–water partition coefficient (Wildman–Crippen LogP) is 4.99. The molecule has 0 saturated carbocycles. The fourth-order valence-electron chi connectivity index (χ4n) is 2.74. The van der Waals surface area contributed by atoms with Crippen molar-refractivity contribution in [1.29, 1.82) is 0 Å². The summed E-state index contributed by atoms with van der Waals surface area (Å²) >= 11 is 0. The summed E-state index contributed by atoms with van der Waals surface area (Å²) in [7, 11) is 1.83. The van der Waals surface area contributed by atoms with Crippen molar-refractivity contribution in [1.82, 2.24) is 4.98 Å². The summed E-state index contributed by atoms with van der Waals surface area (Å²) in [5.41, 5.74) is 0.123. The average Bonchev–Trinajstić information content (AvgIpc) is 2.68. The minimum Gasteiger partial charge on any atom is -0.355 e. The second-order valence-corrected chi connectivity index (χ2v) is 6.24. The largest absolute Gasteiger partial charge is 0.418 e. The molecule has 0 aliphatic heterocycles. The van der Waals surface area contributed by atoms with Crippen LogP contribution in [0.2, 0.25) is 0 Å². The van der Waals surface area contributed by atoms with Gasteiger partial charge in [0.05, 0.1) is 11.3 Å². The van der Waals surface area contributed by atoms with Gasteiger partial charge in [-0.05, 0) is 29.8 Å². The number of para-hydroxylation sites is 1. The number of benzene rings is 2. The van der Waals surface area contributed by atoms with E-state index in [4.69, 9.17) is 0 Å². The Morgan fingerprint density at radius 3 is 2.43 bits per heavy atom. The highest BCUT2D eigenvalue weighted by Crippen LogP contribution is 2.34. The van der Waals surface area contributed by atoms with Crippen molar-refractivity contribution in [2.45, 2.75) is 12.7 Å². The summed E-state index contributed by atoms with van der Waals surface area (Å²) in [5, 5.41) is 2.34. The highest BCUT2D eigenvalue weighted by atomic mass is 19.4. The summed E-state index contributed by atoms with van der Waals surface area (Å²) in [5.74, 6) is -0.0888. The van der Waals surface area contributed by atoms with Crippen molar-refractivity contribution in [3.05, 3.63) is 89.6 Å². The third-order valence-electron chi connectivity index (χ3n) is 4.14. The number of anilines is 2. The first-order valence-corrected chi connectivity index (χ1v) is 8.53. The smallest absolute Gasteiger partial charge is 0.355 e. The number of rotatable bonds is 5. The number of carbonyl (C=O) groups excluding carboxylic acids is 1. The lowest BCUT2D eigenvalue weighted by atomic mass is 10.1. The molecule has 4 nitrogen and oxygen atoms in total. The van der Waals surface area contributed by atoms with E-state index in [0.717, 1.165) is 11.6 Å². The molecule has 0 radical (unpaired) electrons. The number of nitrogens with one attached hydrogen (secondary N) is 1. The van der Waals surface area contributed by atoms with Gasteiger partial charge in [0.15, 0.2) is 0 Å². The van der Waals surface area contributed by atoms with Crippen LogP contribution in [0.5, 0.6) is 0 Å². The average molecular weight is 385 g/mol. The lowest BCUT2D eigenvalue weighted by Crippen LogP contribution is -2.20. The minimum atomic E-state index is -4.55. The Bertz CT molecular complexity index is 958. The van der Waals surface area contributed by atoms with Crippen LogP contribution in [-0.4, -0.2) is 17.9 Å². The molecule has 3 aromatic rings. The first kappa shape index (κ1) is 19.4. The van der Waals surface area contributed by atoms with Crippen LogP contribution in [0.4, 0.5) is 24.7 Å². The van der Waals surface area contributed by atoms with Gasteiger partial charge in [-0.25, -0.2) is 4.98 Å². The third kappa shape index (κ3) is 4.68. The molecule has 2 aromatic carbocycles. The maximum Gasteiger partial charge on any atom is 0.418 e. The fourth-order valence-corrected chi connectivity index (χ4v) is 2.74. The molecule has 0 aliphatic rings. The van der Waals surface area contributed by atoms with Gasteiger partial charge in [-0.1, -0.05) is 42.5 Å². The summed E-state index contributed by atoms with van der Waals surface area (Å²) in [4.78, 5) is 18.6. The van der Waals surface area contributed by atoms with Gasteiger partial charge in [-0.15, -0.1) is 0 Å². The lowest BCUT2D eigenvalue weighted by molar-refractivity contribution is -0.136. The molecule has 1 heterocycles. The second-order valence-electron chi connectivity index (χ2n) is 6.24. The standard InChI is InChI=1S/C21H18F3N3O/c1-27(14-15-7-3-2-4-8-15)19-13-16(11-12-25-19)20(28)26-18-10-6-5-9-17(18)21(22,23)24/h2-13H,14H2,1H3,(H,26,28). The molecular formula is C21H18F3N3O. The van der Waals surface area contributed by atoms with Crippen LogP contribution in [0.15, 0.2) is 72.9 Å². The Kier molecular flexibility index (Phi) is 5.63. The van der Waals surface area contributed by atoms with Gasteiger partial charge in [-0.3, -0.25) is 4.79 Å². The van der Waals surface area contributed by atoms with Crippen LogP contribution >= 0.6 is 0 Å². The van der Waals surface area contributed by atoms with Crippen molar-refractivity contribution in [2.24, 2.45) is 0 Å². The maximum absolute atomic E-state index is 13.1. The van der Waals surface area contributed by atoms with Crippen LogP contribution in [0.25, 0.3) is 0 Å². The molecule has 0 bridgehead atoms. The van der Waals surface area contributed by atoms with E-state index in [1.54, 1.807) is 6.07 Å². The number of pyridine rings is 1. The molecule has 0 aliphatic carbocycles. The number of aromatic nitrogens is 1. The molecule has 28 heavy (non-hydrogen) atoms. The molecule has 0 unspecified atom stereocenters. The van der Waals surface area contributed by atoms with Crippen molar-refractivity contribution in [3.8, 4) is 0 Å². The molecule has 1 amide bonds. The van der Waals surface area contributed by atoms with E-state index >= 15 is 0 Å². The number of nitrogens with zero attached hydrogens (tertiary/aromatic N) is 2. The molecular weight excluding hydrogens is 367 g/mol. The number of amides is 1. The first-order valence-electron chi connectivity index (χ1n) is 8.53. The van der Waals surface area contributed by atoms with Gasteiger partial charge in [0.2, 0.25) is 0 Å². The Labute approximate surface area is 160 Å². The van der Waals surface area contributed by atoms with Gasteiger partial charge in [0, 0.05) is 25.4 Å². The summed E-state index contributed by atoms with van der Waals surface area (Å²) in [6.07, 6.45) is -3.09. The van der Waals surface area contributed by atoms with Gasteiger partial charge in [-0.2, -0.15) is 13.2 Å². The second kappa shape index (κ2) is 8.12. The maximum atomic E-state index is 13.1. The van der Waals surface area contributed by atoms with Crippen LogP contribution in [0, 0.1) is 0 Å². The minimum absolute atomic E-state index is 0.224. The molecule has 0 saturated heterocycles. The molecule has 3 rings (SSSR count). The van der Waals surface area contributed by atoms with E-state index in [-0.39, 0.29) is 11.3 Å². The lowest BCUT2D eigenvalue weighted by Gasteiger charge is -2.19. The summed E-state index contributed by atoms with van der Waals surface area (Å²) < 4.78 is 39.3. The zero-order valence-electron chi connectivity index (χ0n) is 15.1. The van der Waals surface area contributed by atoms with Crippen LogP contribution in [-0.2, 0) is 12.7 Å². The number of carbonyl (C=O) groups is 1. The number of halogens is 3. The Balaban J connectivity index is 1.78. The third-order valence-corrected chi connectivity index (χ3v) is 4.14. The Morgan fingerprint density at radius 2 is 1.71 bits per heavy atom. The highest BCUT2D eigenvalue weighted by molar-refractivity contribution is 6.05. The Hall–Kier alpha value is -3.35. The van der Waals surface area contributed by atoms with Gasteiger partial charge >= 0.3 is 6.18 Å². The van der Waals surface area contributed by atoms with Crippen molar-refractivity contribution < 1.29 is 18.0 Å². The fraction of sp³-hybridized carbons (Fsp3) is 0.143. The zero-order valence-corrected chi connectivity index (χ0v) is 15.1. The van der Waals surface area contributed by atoms with Crippen molar-refractivity contribution in [3.63, 3.8) is 0 Å². The van der Waals surface area contributed by atoms with Gasteiger partial charge < -0.3 is 10.2 Å². The molecule has 7 heteroatoms. The molecule has 1 N–H and O–H groups in total. The van der Waals surface area contributed by atoms with E-state index < -0.39 is 17.6 Å². The molecule has 0 spiro atoms. The number of hydrogen-bond acceptors (Lipinski definition) is 3. The quantitative estimate of drug-likeness (QED) is 0.673. The molecule has 144 valence electrons. The number of alkyl halides is 3. The SMILES string of the molecule is CN(Cc1ccccc1)c1cc(C(=O)Nc2ccccc2C(F)(F)F)ccn1. The van der Waals surface area contributed by atoms with Gasteiger partial charge in [0.25, 0.3) is 5.91 Å². The van der Waals surface area contributed by atoms with Gasteiger partial charge in [0.1, 0.15) is 5.82 Å². The van der Waals surface area contributed by atoms with E-state index in [9.17, 15) is 18.0 Å². The molecule has 0 fully saturated rings. The summed E-state index contributed by atoms with van der Waals surface area (Å²) in [6, 6.07) is 17.6. The highest BCUT2D eigenvalue weighted by Gasteiger charge is 2.33. The van der Waals surface area contributed by atoms with Crippen LogP contribution in [0.3, 0.4) is 0 Å². The first-order chi connectivity index (χ1) is 13.3. The van der Waals surface area contributed by atoms with E-state index in [1.165, 1.54) is 30.5 Å². The zero-order chi connectivity index (χ0) is 20.1. The molecule has 1 aromatic heterocycles. The Morgan fingerprint density at radius 1 is 1.04 bits per heavy atom. The monoisotopic (exact) mass is 385 g/mol. The van der Waals surface area contributed by atoms with Crippen LogP contribution < -0.4 is 10.2 Å².